The molecule has 0 amide bonds. The van der Waals surface area contributed by atoms with Crippen LogP contribution in [0.2, 0.25) is 0 Å². The molecule has 2 aromatic rings. The summed E-state index contributed by atoms with van der Waals surface area (Å²) in [5.74, 6) is 1.55. The van der Waals surface area contributed by atoms with Crippen molar-refractivity contribution >= 4 is 21.7 Å². The Hall–Kier alpha value is -1.29. The van der Waals surface area contributed by atoms with E-state index in [1.807, 2.05) is 12.1 Å². The first-order valence-electron chi connectivity index (χ1n) is 6.12. The van der Waals surface area contributed by atoms with E-state index in [1.165, 1.54) is 0 Å². The van der Waals surface area contributed by atoms with Crippen molar-refractivity contribution < 1.29 is 0 Å². The Bertz CT molecular complexity index is 514. The number of hydrogen-bond acceptors (Lipinski definition) is 2. The van der Waals surface area contributed by atoms with Crippen LogP contribution in [0.3, 0.4) is 0 Å². The second kappa shape index (κ2) is 5.57. The molecule has 96 valence electrons. The highest BCUT2D eigenvalue weighted by Crippen LogP contribution is 2.26. The number of nitrogens with zero attached hydrogens (tertiary/aromatic N) is 1. The molecule has 0 atom stereocenters. The third-order valence-corrected chi connectivity index (χ3v) is 3.35. The van der Waals surface area contributed by atoms with Gasteiger partial charge in [-0.3, -0.25) is 5.10 Å². The SMILES string of the molecule is Cc1c(NCC(C)C)n[nH]c1-c1ccc(Br)cc1. The first-order valence-corrected chi connectivity index (χ1v) is 6.92. The van der Waals surface area contributed by atoms with Gasteiger partial charge < -0.3 is 5.32 Å². The average Bonchev–Trinajstić information content (AvgIpc) is 2.69. The van der Waals surface area contributed by atoms with Gasteiger partial charge in [-0.2, -0.15) is 5.10 Å². The molecule has 0 saturated carbocycles. The fraction of sp³-hybridized carbons (Fsp3) is 0.357. The van der Waals surface area contributed by atoms with Gasteiger partial charge in [0, 0.05) is 16.6 Å². The summed E-state index contributed by atoms with van der Waals surface area (Å²) >= 11 is 3.44. The van der Waals surface area contributed by atoms with E-state index < -0.39 is 0 Å². The molecule has 18 heavy (non-hydrogen) atoms. The summed E-state index contributed by atoms with van der Waals surface area (Å²) in [6, 6.07) is 8.24. The molecule has 2 rings (SSSR count). The van der Waals surface area contributed by atoms with Crippen LogP contribution in [0.1, 0.15) is 19.4 Å². The van der Waals surface area contributed by atoms with Crippen LogP contribution in [0.15, 0.2) is 28.7 Å². The van der Waals surface area contributed by atoms with E-state index in [4.69, 9.17) is 0 Å². The quantitative estimate of drug-likeness (QED) is 0.888. The molecule has 0 aliphatic carbocycles. The number of halogens is 1. The molecule has 1 aromatic heterocycles. The van der Waals surface area contributed by atoms with Gasteiger partial charge >= 0.3 is 0 Å². The van der Waals surface area contributed by atoms with E-state index >= 15 is 0 Å². The van der Waals surface area contributed by atoms with Gasteiger partial charge in [0.25, 0.3) is 0 Å². The molecule has 3 nitrogen and oxygen atoms in total. The molecule has 4 heteroatoms. The molecule has 0 aliphatic heterocycles. The molecule has 0 spiro atoms. The molecule has 1 aromatic carbocycles. The lowest BCUT2D eigenvalue weighted by Gasteiger charge is -2.07. The van der Waals surface area contributed by atoms with Crippen LogP contribution < -0.4 is 5.32 Å². The van der Waals surface area contributed by atoms with Gasteiger partial charge in [0.15, 0.2) is 5.82 Å². The molecule has 1 heterocycles. The van der Waals surface area contributed by atoms with Gasteiger partial charge in [0.1, 0.15) is 0 Å². The lowest BCUT2D eigenvalue weighted by molar-refractivity contribution is 0.686. The number of nitrogens with one attached hydrogen (secondary N) is 2. The number of H-pyrrole nitrogens is 1. The number of aromatic amines is 1. The highest BCUT2D eigenvalue weighted by Gasteiger charge is 2.10. The van der Waals surface area contributed by atoms with Gasteiger partial charge in [0.2, 0.25) is 0 Å². The van der Waals surface area contributed by atoms with Gasteiger partial charge in [-0.25, -0.2) is 0 Å². The highest BCUT2D eigenvalue weighted by atomic mass is 79.9. The Balaban J connectivity index is 2.22. The van der Waals surface area contributed by atoms with Crippen molar-refractivity contribution in [2.45, 2.75) is 20.8 Å². The second-order valence-corrected chi connectivity index (χ2v) is 5.77. The van der Waals surface area contributed by atoms with E-state index in [0.717, 1.165) is 33.7 Å². The molecule has 0 fully saturated rings. The van der Waals surface area contributed by atoms with E-state index in [1.54, 1.807) is 0 Å². The van der Waals surface area contributed by atoms with Crippen LogP contribution in [0.25, 0.3) is 11.3 Å². The first kappa shape index (κ1) is 13.1. The summed E-state index contributed by atoms with van der Waals surface area (Å²) < 4.78 is 1.08. The molecule has 0 radical (unpaired) electrons. The molecule has 0 saturated heterocycles. The number of benzene rings is 1. The summed E-state index contributed by atoms with van der Waals surface area (Å²) in [6.45, 7) is 7.39. The largest absolute Gasteiger partial charge is 0.368 e. The number of rotatable bonds is 4. The Morgan fingerprint density at radius 3 is 2.56 bits per heavy atom. The lowest BCUT2D eigenvalue weighted by Crippen LogP contribution is -2.08. The second-order valence-electron chi connectivity index (χ2n) is 4.85. The van der Waals surface area contributed by atoms with Crippen LogP contribution in [-0.4, -0.2) is 16.7 Å². The maximum absolute atomic E-state index is 4.34. The van der Waals surface area contributed by atoms with E-state index in [0.29, 0.717) is 5.92 Å². The highest BCUT2D eigenvalue weighted by molar-refractivity contribution is 9.10. The van der Waals surface area contributed by atoms with Crippen LogP contribution >= 0.6 is 15.9 Å². The van der Waals surface area contributed by atoms with Crippen molar-refractivity contribution in [3.8, 4) is 11.3 Å². The van der Waals surface area contributed by atoms with Crippen LogP contribution in [-0.2, 0) is 0 Å². The van der Waals surface area contributed by atoms with Crippen molar-refractivity contribution in [1.29, 1.82) is 0 Å². The van der Waals surface area contributed by atoms with E-state index in [-0.39, 0.29) is 0 Å². The summed E-state index contributed by atoms with van der Waals surface area (Å²) in [6.07, 6.45) is 0. The fourth-order valence-electron chi connectivity index (χ4n) is 1.77. The Morgan fingerprint density at radius 2 is 1.94 bits per heavy atom. The van der Waals surface area contributed by atoms with Crippen molar-refractivity contribution in [1.82, 2.24) is 10.2 Å². The topological polar surface area (TPSA) is 40.7 Å². The summed E-state index contributed by atoms with van der Waals surface area (Å²) in [5, 5.41) is 10.8. The molecule has 0 aliphatic rings. The molecule has 0 bridgehead atoms. The lowest BCUT2D eigenvalue weighted by atomic mass is 10.1. The first-order chi connectivity index (χ1) is 8.58. The number of anilines is 1. The minimum atomic E-state index is 0.609. The van der Waals surface area contributed by atoms with Crippen molar-refractivity contribution in [2.75, 3.05) is 11.9 Å². The van der Waals surface area contributed by atoms with Crippen LogP contribution in [0, 0.1) is 12.8 Å². The summed E-state index contributed by atoms with van der Waals surface area (Å²) in [4.78, 5) is 0. The normalized spacial score (nSPS) is 10.9. The molecular formula is C14H18BrN3. The van der Waals surface area contributed by atoms with E-state index in [2.05, 4.69) is 64.3 Å². The summed E-state index contributed by atoms with van der Waals surface area (Å²) in [5.41, 5.74) is 3.40. The predicted octanol–water partition coefficient (Wildman–Crippen LogP) is 4.22. The minimum absolute atomic E-state index is 0.609. The third kappa shape index (κ3) is 2.93. The molecule has 0 unspecified atom stereocenters. The van der Waals surface area contributed by atoms with Gasteiger partial charge in [0.05, 0.1) is 5.69 Å². The fourth-order valence-corrected chi connectivity index (χ4v) is 2.03. The standard InChI is InChI=1S/C14H18BrN3/c1-9(2)8-16-14-10(3)13(17-18-14)11-4-6-12(15)7-5-11/h4-7,9H,8H2,1-3H3,(H2,16,17,18). The molecule has 2 N–H and O–H groups in total. The number of hydrogen-bond donors (Lipinski definition) is 2. The van der Waals surface area contributed by atoms with Crippen molar-refractivity contribution in [2.24, 2.45) is 5.92 Å². The minimum Gasteiger partial charge on any atom is -0.368 e. The Labute approximate surface area is 116 Å². The van der Waals surface area contributed by atoms with Crippen molar-refractivity contribution in [3.05, 3.63) is 34.3 Å². The third-order valence-electron chi connectivity index (χ3n) is 2.82. The predicted molar refractivity (Wildman–Crippen MR) is 79.8 cm³/mol. The molecular weight excluding hydrogens is 290 g/mol. The zero-order valence-corrected chi connectivity index (χ0v) is 12.5. The van der Waals surface area contributed by atoms with Gasteiger partial charge in [-0.1, -0.05) is 41.9 Å². The number of aromatic nitrogens is 2. The smallest absolute Gasteiger partial charge is 0.151 e. The van der Waals surface area contributed by atoms with Gasteiger partial charge in [-0.15, -0.1) is 0 Å². The van der Waals surface area contributed by atoms with E-state index in [9.17, 15) is 0 Å². The maximum atomic E-state index is 4.34. The summed E-state index contributed by atoms with van der Waals surface area (Å²) in [7, 11) is 0. The van der Waals surface area contributed by atoms with Crippen LogP contribution in [0.5, 0.6) is 0 Å². The Morgan fingerprint density at radius 1 is 1.28 bits per heavy atom. The van der Waals surface area contributed by atoms with Gasteiger partial charge in [-0.05, 0) is 30.5 Å². The average molecular weight is 308 g/mol. The van der Waals surface area contributed by atoms with Crippen molar-refractivity contribution in [3.63, 3.8) is 0 Å². The Kier molecular flexibility index (Phi) is 4.07. The van der Waals surface area contributed by atoms with Crippen LogP contribution in [0.4, 0.5) is 5.82 Å². The zero-order chi connectivity index (χ0) is 13.1. The zero-order valence-electron chi connectivity index (χ0n) is 10.9. The monoisotopic (exact) mass is 307 g/mol. The maximum Gasteiger partial charge on any atom is 0.151 e.